The van der Waals surface area contributed by atoms with Crippen molar-refractivity contribution in [1.29, 1.82) is 0 Å². The van der Waals surface area contributed by atoms with Crippen LogP contribution in [0.4, 0.5) is 30.5 Å². The van der Waals surface area contributed by atoms with E-state index >= 15 is 0 Å². The highest BCUT2D eigenvalue weighted by Gasteiger charge is 2.15. The third-order valence-electron chi connectivity index (χ3n) is 4.04. The fourth-order valence-corrected chi connectivity index (χ4v) is 2.70. The minimum absolute atomic E-state index is 0.191. The number of rotatable bonds is 6. The molecule has 0 fully saturated rings. The molecule has 0 aliphatic heterocycles. The Labute approximate surface area is 155 Å². The van der Waals surface area contributed by atoms with E-state index in [4.69, 9.17) is 0 Å². The quantitative estimate of drug-likeness (QED) is 0.620. The molecule has 0 bridgehead atoms. The Morgan fingerprint density at radius 1 is 0.963 bits per heavy atom. The first-order chi connectivity index (χ1) is 13.0. The minimum atomic E-state index is -1.52. The average molecular weight is 372 g/mol. The number of aryl methyl sites for hydroxylation is 1. The molecule has 0 spiro atoms. The van der Waals surface area contributed by atoms with Crippen LogP contribution >= 0.6 is 0 Å². The molecular weight excluding hydrogens is 353 g/mol. The van der Waals surface area contributed by atoms with Gasteiger partial charge in [-0.3, -0.25) is 0 Å². The molecule has 0 atom stereocenters. The van der Waals surface area contributed by atoms with E-state index in [0.29, 0.717) is 30.5 Å². The number of nitrogens with one attached hydrogen (secondary N) is 1. The molecule has 0 aliphatic carbocycles. The highest BCUT2D eigenvalue weighted by Crippen LogP contribution is 2.25. The number of anilines is 3. The summed E-state index contributed by atoms with van der Waals surface area (Å²) in [7, 11) is 0. The Hall–Kier alpha value is -3.09. The summed E-state index contributed by atoms with van der Waals surface area (Å²) in [6, 6.07) is 13.6. The van der Waals surface area contributed by atoms with Gasteiger partial charge in [0.2, 0.25) is 0 Å². The van der Waals surface area contributed by atoms with Crippen molar-refractivity contribution in [3.8, 4) is 0 Å². The lowest BCUT2D eigenvalue weighted by molar-refractivity contribution is 0.449. The van der Waals surface area contributed by atoms with E-state index in [1.165, 1.54) is 0 Å². The Bertz CT molecular complexity index is 932. The van der Waals surface area contributed by atoms with Crippen LogP contribution in [0.5, 0.6) is 0 Å². The molecule has 0 saturated carbocycles. The Balaban J connectivity index is 1.88. The summed E-state index contributed by atoms with van der Waals surface area (Å²) in [5.74, 6) is -2.62. The molecule has 140 valence electrons. The number of benzene rings is 2. The van der Waals surface area contributed by atoms with Gasteiger partial charge in [0.1, 0.15) is 17.5 Å². The lowest BCUT2D eigenvalue weighted by Gasteiger charge is -2.23. The first-order valence-electron chi connectivity index (χ1n) is 8.53. The molecule has 3 rings (SSSR count). The van der Waals surface area contributed by atoms with Gasteiger partial charge in [-0.05, 0) is 31.5 Å². The summed E-state index contributed by atoms with van der Waals surface area (Å²) < 4.78 is 40.5. The summed E-state index contributed by atoms with van der Waals surface area (Å²) in [6.07, 6.45) is 0. The molecule has 0 saturated heterocycles. The third kappa shape index (κ3) is 4.36. The van der Waals surface area contributed by atoms with Gasteiger partial charge in [0.15, 0.2) is 17.5 Å². The van der Waals surface area contributed by atoms with Crippen LogP contribution in [0.25, 0.3) is 0 Å². The standard InChI is InChI=1S/C20H19F3N4/c1-3-27(12-14-7-5-4-6-8-14)18-11-17(24-13(2)25-18)26-16-10-9-15(21)19(22)20(16)23/h4-11H,3,12H2,1-2H3,(H,24,25,26). The summed E-state index contributed by atoms with van der Waals surface area (Å²) in [6.45, 7) is 5.06. The number of aromatic nitrogens is 2. The number of halogens is 3. The second-order valence-corrected chi connectivity index (χ2v) is 6.01. The van der Waals surface area contributed by atoms with E-state index in [1.807, 2.05) is 42.2 Å². The smallest absolute Gasteiger partial charge is 0.196 e. The molecule has 3 aromatic rings. The van der Waals surface area contributed by atoms with Gasteiger partial charge in [-0.2, -0.15) is 0 Å². The second kappa shape index (κ2) is 8.07. The first kappa shape index (κ1) is 18.7. The topological polar surface area (TPSA) is 41.0 Å². The van der Waals surface area contributed by atoms with Crippen LogP contribution in [0, 0.1) is 24.4 Å². The number of nitrogens with zero attached hydrogens (tertiary/aromatic N) is 3. The zero-order valence-electron chi connectivity index (χ0n) is 15.0. The molecule has 1 N–H and O–H groups in total. The summed E-state index contributed by atoms with van der Waals surface area (Å²) in [5, 5.41) is 2.70. The molecule has 2 aromatic carbocycles. The maximum atomic E-state index is 13.9. The lowest BCUT2D eigenvalue weighted by Crippen LogP contribution is -2.23. The highest BCUT2D eigenvalue weighted by molar-refractivity contribution is 5.60. The van der Waals surface area contributed by atoms with Gasteiger partial charge in [0.25, 0.3) is 0 Å². The van der Waals surface area contributed by atoms with Gasteiger partial charge in [0.05, 0.1) is 5.69 Å². The molecular formula is C20H19F3N4. The third-order valence-corrected chi connectivity index (χ3v) is 4.04. The van der Waals surface area contributed by atoms with Gasteiger partial charge in [0, 0.05) is 19.2 Å². The van der Waals surface area contributed by atoms with Crippen molar-refractivity contribution < 1.29 is 13.2 Å². The van der Waals surface area contributed by atoms with Gasteiger partial charge in [-0.1, -0.05) is 30.3 Å². The highest BCUT2D eigenvalue weighted by atomic mass is 19.2. The number of hydrogen-bond acceptors (Lipinski definition) is 4. The van der Waals surface area contributed by atoms with Crippen LogP contribution in [-0.4, -0.2) is 16.5 Å². The predicted octanol–water partition coefficient (Wildman–Crippen LogP) is 4.97. The summed E-state index contributed by atoms with van der Waals surface area (Å²) in [5.41, 5.74) is 0.931. The predicted molar refractivity (Wildman–Crippen MR) is 99.5 cm³/mol. The fraction of sp³-hybridized carbons (Fsp3) is 0.200. The van der Waals surface area contributed by atoms with Crippen molar-refractivity contribution in [2.45, 2.75) is 20.4 Å². The van der Waals surface area contributed by atoms with E-state index in [9.17, 15) is 13.2 Å². The first-order valence-corrected chi connectivity index (χ1v) is 8.53. The van der Waals surface area contributed by atoms with E-state index in [2.05, 4.69) is 15.3 Å². The van der Waals surface area contributed by atoms with E-state index in [1.54, 1.807) is 13.0 Å². The summed E-state index contributed by atoms with van der Waals surface area (Å²) in [4.78, 5) is 10.7. The fourth-order valence-electron chi connectivity index (χ4n) is 2.70. The molecule has 0 amide bonds. The molecule has 0 aliphatic rings. The Kier molecular flexibility index (Phi) is 5.59. The molecule has 1 heterocycles. The Morgan fingerprint density at radius 2 is 1.70 bits per heavy atom. The van der Waals surface area contributed by atoms with E-state index < -0.39 is 17.5 Å². The molecule has 27 heavy (non-hydrogen) atoms. The molecule has 7 heteroatoms. The molecule has 0 unspecified atom stereocenters. The molecule has 1 aromatic heterocycles. The van der Waals surface area contributed by atoms with Crippen LogP contribution < -0.4 is 10.2 Å². The van der Waals surface area contributed by atoms with Crippen LogP contribution in [0.15, 0.2) is 48.5 Å². The van der Waals surface area contributed by atoms with Gasteiger partial charge in [-0.15, -0.1) is 0 Å². The van der Waals surface area contributed by atoms with Crippen molar-refractivity contribution in [2.75, 3.05) is 16.8 Å². The summed E-state index contributed by atoms with van der Waals surface area (Å²) >= 11 is 0. The zero-order valence-corrected chi connectivity index (χ0v) is 15.0. The van der Waals surface area contributed by atoms with Crippen molar-refractivity contribution in [3.05, 3.63) is 77.4 Å². The molecule has 0 radical (unpaired) electrons. The van der Waals surface area contributed by atoms with Gasteiger partial charge < -0.3 is 10.2 Å². The maximum Gasteiger partial charge on any atom is 0.196 e. The Morgan fingerprint density at radius 3 is 2.41 bits per heavy atom. The van der Waals surface area contributed by atoms with Crippen molar-refractivity contribution >= 4 is 17.3 Å². The van der Waals surface area contributed by atoms with Crippen LogP contribution in [-0.2, 0) is 6.54 Å². The maximum absolute atomic E-state index is 13.9. The van der Waals surface area contributed by atoms with Gasteiger partial charge in [-0.25, -0.2) is 23.1 Å². The SMILES string of the molecule is CCN(Cc1ccccc1)c1cc(Nc2ccc(F)c(F)c2F)nc(C)n1. The van der Waals surface area contributed by atoms with Crippen LogP contribution in [0.2, 0.25) is 0 Å². The largest absolute Gasteiger partial charge is 0.352 e. The van der Waals surface area contributed by atoms with E-state index in [0.717, 1.165) is 17.7 Å². The van der Waals surface area contributed by atoms with Crippen molar-refractivity contribution in [1.82, 2.24) is 9.97 Å². The zero-order chi connectivity index (χ0) is 19.4. The second-order valence-electron chi connectivity index (χ2n) is 6.01. The van der Waals surface area contributed by atoms with Crippen molar-refractivity contribution in [3.63, 3.8) is 0 Å². The molecule has 4 nitrogen and oxygen atoms in total. The normalized spacial score (nSPS) is 10.7. The van der Waals surface area contributed by atoms with E-state index in [-0.39, 0.29) is 5.69 Å². The van der Waals surface area contributed by atoms with Crippen LogP contribution in [0.3, 0.4) is 0 Å². The minimum Gasteiger partial charge on any atom is -0.352 e. The van der Waals surface area contributed by atoms with Gasteiger partial charge >= 0.3 is 0 Å². The van der Waals surface area contributed by atoms with Crippen molar-refractivity contribution in [2.24, 2.45) is 0 Å². The monoisotopic (exact) mass is 372 g/mol. The lowest BCUT2D eigenvalue weighted by atomic mass is 10.2. The average Bonchev–Trinajstić information content (AvgIpc) is 2.67. The number of hydrogen-bond donors (Lipinski definition) is 1. The van der Waals surface area contributed by atoms with Crippen LogP contribution in [0.1, 0.15) is 18.3 Å².